The number of aromatic nitrogens is 4. The molecule has 0 radical (unpaired) electrons. The van der Waals surface area contributed by atoms with Crippen molar-refractivity contribution >= 4 is 38.6 Å². The molecule has 0 spiro atoms. The van der Waals surface area contributed by atoms with Crippen molar-refractivity contribution in [1.82, 2.24) is 17.9 Å². The number of ether oxygens (including phenoxy) is 1. The van der Waals surface area contributed by atoms with Gasteiger partial charge in [-0.1, -0.05) is 18.2 Å². The van der Waals surface area contributed by atoms with Crippen LogP contribution in [0, 0.1) is 0 Å². The van der Waals surface area contributed by atoms with Crippen LogP contribution in [0.1, 0.15) is 0 Å². The molecule has 4 aromatic rings. The molecule has 0 atom stereocenters. The molecule has 0 amide bonds. The molecule has 8 nitrogen and oxygen atoms in total. The van der Waals surface area contributed by atoms with Gasteiger partial charge in [0.1, 0.15) is 27.5 Å². The molecule has 0 bridgehead atoms. The summed E-state index contributed by atoms with van der Waals surface area (Å²) in [6, 6.07) is 13.4. The second kappa shape index (κ2) is 6.07. The summed E-state index contributed by atoms with van der Waals surface area (Å²) in [6.07, 6.45) is 0. The van der Waals surface area contributed by atoms with E-state index in [1.807, 2.05) is 0 Å². The lowest BCUT2D eigenvalue weighted by Crippen LogP contribution is -2.17. The first kappa shape index (κ1) is 16.5. The quantitative estimate of drug-likeness (QED) is 0.572. The predicted molar refractivity (Wildman–Crippen MR) is 98.6 cm³/mol. The Kier molecular flexibility index (Phi) is 3.85. The van der Waals surface area contributed by atoms with E-state index < -0.39 is 10.0 Å². The Balaban J connectivity index is 1.85. The van der Waals surface area contributed by atoms with Gasteiger partial charge in [-0.05, 0) is 24.3 Å². The maximum absolute atomic E-state index is 13.1. The van der Waals surface area contributed by atoms with Crippen LogP contribution in [0.15, 0.2) is 53.4 Å². The summed E-state index contributed by atoms with van der Waals surface area (Å²) in [5.74, 6) is 0.639. The standard InChI is InChI=1S/C16H13N5O3S2/c1-24-11-5-2-4-10(8-11)13-9-15(17)21(18-13)26(22,23)14-7-3-6-12-16(14)20-25-19-12/h2-9H,17H2,1H3. The van der Waals surface area contributed by atoms with Gasteiger partial charge in [0, 0.05) is 11.6 Å². The Labute approximate surface area is 153 Å². The molecule has 132 valence electrons. The minimum absolute atomic E-state index is 0.00279. The molecule has 26 heavy (non-hydrogen) atoms. The van der Waals surface area contributed by atoms with Gasteiger partial charge >= 0.3 is 0 Å². The molecule has 0 unspecified atom stereocenters. The summed E-state index contributed by atoms with van der Waals surface area (Å²) < 4.78 is 40.3. The van der Waals surface area contributed by atoms with Crippen molar-refractivity contribution in [3.63, 3.8) is 0 Å². The number of hydrogen-bond donors (Lipinski definition) is 1. The maximum atomic E-state index is 13.1. The molecule has 0 aliphatic rings. The molecule has 4 rings (SSSR count). The average molecular weight is 387 g/mol. The van der Waals surface area contributed by atoms with Crippen LogP contribution >= 0.6 is 11.7 Å². The van der Waals surface area contributed by atoms with E-state index in [9.17, 15) is 8.42 Å². The van der Waals surface area contributed by atoms with Crippen molar-refractivity contribution in [2.75, 3.05) is 12.8 Å². The van der Waals surface area contributed by atoms with Gasteiger partial charge in [0.05, 0.1) is 24.5 Å². The summed E-state index contributed by atoms with van der Waals surface area (Å²) in [5.41, 5.74) is 7.88. The highest BCUT2D eigenvalue weighted by Crippen LogP contribution is 2.28. The molecule has 2 N–H and O–H groups in total. The SMILES string of the molecule is COc1cccc(-c2cc(N)n(S(=O)(=O)c3cccc4nsnc34)n2)c1. The van der Waals surface area contributed by atoms with E-state index in [2.05, 4.69) is 13.8 Å². The van der Waals surface area contributed by atoms with E-state index in [0.717, 1.165) is 15.8 Å². The number of fused-ring (bicyclic) bond motifs is 1. The smallest absolute Gasteiger partial charge is 0.287 e. The third kappa shape index (κ3) is 2.59. The molecular formula is C16H13N5O3S2. The number of nitrogens with two attached hydrogens (primary N) is 1. The topological polar surface area (TPSA) is 113 Å². The third-order valence-corrected chi connectivity index (χ3v) is 6.00. The Morgan fingerprint density at radius 1 is 1.12 bits per heavy atom. The van der Waals surface area contributed by atoms with Gasteiger partial charge in [-0.25, -0.2) is 0 Å². The lowest BCUT2D eigenvalue weighted by atomic mass is 10.1. The number of benzene rings is 2. The molecule has 2 aromatic carbocycles. The highest BCUT2D eigenvalue weighted by Gasteiger charge is 2.25. The number of nitrogen functional groups attached to an aromatic ring is 1. The van der Waals surface area contributed by atoms with Crippen LogP contribution < -0.4 is 10.5 Å². The summed E-state index contributed by atoms with van der Waals surface area (Å²) >= 11 is 0.949. The molecule has 0 aliphatic carbocycles. The van der Waals surface area contributed by atoms with E-state index >= 15 is 0 Å². The zero-order valence-corrected chi connectivity index (χ0v) is 15.2. The minimum atomic E-state index is -4.02. The molecule has 2 aromatic heterocycles. The summed E-state index contributed by atoms with van der Waals surface area (Å²) in [5, 5.41) is 4.20. The number of hydrogen-bond acceptors (Lipinski definition) is 8. The second-order valence-electron chi connectivity index (χ2n) is 5.42. The van der Waals surface area contributed by atoms with Crippen molar-refractivity contribution in [3.8, 4) is 17.0 Å². The molecule has 0 fully saturated rings. The van der Waals surface area contributed by atoms with Gasteiger partial charge in [-0.2, -0.15) is 22.3 Å². The van der Waals surface area contributed by atoms with Crippen LogP contribution in [-0.4, -0.2) is 33.5 Å². The fourth-order valence-electron chi connectivity index (χ4n) is 2.58. The van der Waals surface area contributed by atoms with E-state index in [1.165, 1.54) is 12.1 Å². The highest BCUT2D eigenvalue weighted by molar-refractivity contribution is 7.90. The lowest BCUT2D eigenvalue weighted by Gasteiger charge is -2.06. The van der Waals surface area contributed by atoms with Crippen molar-refractivity contribution < 1.29 is 13.2 Å². The first-order chi connectivity index (χ1) is 12.5. The monoisotopic (exact) mass is 387 g/mol. The largest absolute Gasteiger partial charge is 0.497 e. The van der Waals surface area contributed by atoms with E-state index in [-0.39, 0.29) is 10.7 Å². The van der Waals surface area contributed by atoms with Crippen LogP contribution in [-0.2, 0) is 10.0 Å². The van der Waals surface area contributed by atoms with Gasteiger partial charge in [-0.3, -0.25) is 0 Å². The zero-order valence-electron chi connectivity index (χ0n) is 13.5. The van der Waals surface area contributed by atoms with Gasteiger partial charge in [-0.15, -0.1) is 4.09 Å². The first-order valence-corrected chi connectivity index (χ1v) is 9.64. The number of rotatable bonds is 4. The minimum Gasteiger partial charge on any atom is -0.497 e. The number of methoxy groups -OCH3 is 1. The molecule has 0 saturated carbocycles. The van der Waals surface area contributed by atoms with Gasteiger partial charge in [0.15, 0.2) is 0 Å². The zero-order chi connectivity index (χ0) is 18.3. The Morgan fingerprint density at radius 2 is 1.92 bits per heavy atom. The molecule has 0 saturated heterocycles. The molecular weight excluding hydrogens is 374 g/mol. The molecule has 0 aliphatic heterocycles. The van der Waals surface area contributed by atoms with Gasteiger partial charge in [0.25, 0.3) is 10.0 Å². The lowest BCUT2D eigenvalue weighted by molar-refractivity contribution is 0.415. The Hall–Kier alpha value is -2.98. The van der Waals surface area contributed by atoms with E-state index in [4.69, 9.17) is 10.5 Å². The van der Waals surface area contributed by atoms with Crippen molar-refractivity contribution in [1.29, 1.82) is 0 Å². The van der Waals surface area contributed by atoms with Gasteiger partial charge < -0.3 is 10.5 Å². The Morgan fingerprint density at radius 3 is 2.73 bits per heavy atom. The predicted octanol–water partition coefficient (Wildman–Crippen LogP) is 2.38. The van der Waals surface area contributed by atoms with Crippen molar-refractivity contribution in [2.24, 2.45) is 0 Å². The van der Waals surface area contributed by atoms with Crippen LogP contribution in [0.2, 0.25) is 0 Å². The fourth-order valence-corrected chi connectivity index (χ4v) is 4.54. The molecule has 10 heteroatoms. The van der Waals surface area contributed by atoms with E-state index in [1.54, 1.807) is 43.5 Å². The average Bonchev–Trinajstić information content (AvgIpc) is 3.28. The maximum Gasteiger partial charge on any atom is 0.287 e. The van der Waals surface area contributed by atoms with Gasteiger partial charge in [0.2, 0.25) is 0 Å². The normalized spacial score (nSPS) is 11.7. The number of nitrogens with zero attached hydrogens (tertiary/aromatic N) is 4. The number of anilines is 1. The van der Waals surface area contributed by atoms with Crippen molar-refractivity contribution in [3.05, 3.63) is 48.5 Å². The fraction of sp³-hybridized carbons (Fsp3) is 0.0625. The van der Waals surface area contributed by atoms with Crippen LogP contribution in [0.3, 0.4) is 0 Å². The summed E-state index contributed by atoms with van der Waals surface area (Å²) in [6.45, 7) is 0. The molecule has 2 heterocycles. The van der Waals surface area contributed by atoms with E-state index in [0.29, 0.717) is 28.0 Å². The van der Waals surface area contributed by atoms with Crippen molar-refractivity contribution in [2.45, 2.75) is 4.90 Å². The Bertz CT molecular complexity index is 1210. The first-order valence-electron chi connectivity index (χ1n) is 7.47. The summed E-state index contributed by atoms with van der Waals surface area (Å²) in [4.78, 5) is 0.00995. The van der Waals surface area contributed by atoms with Crippen LogP contribution in [0.4, 0.5) is 5.82 Å². The summed E-state index contributed by atoms with van der Waals surface area (Å²) in [7, 11) is -2.46. The highest BCUT2D eigenvalue weighted by atomic mass is 32.2. The van der Waals surface area contributed by atoms with Crippen LogP contribution in [0.25, 0.3) is 22.3 Å². The van der Waals surface area contributed by atoms with Crippen LogP contribution in [0.5, 0.6) is 5.75 Å². The third-order valence-electron chi connectivity index (χ3n) is 3.82. The second-order valence-corrected chi connectivity index (χ2v) is 7.69.